The molecule has 2 aliphatic rings. The average molecular weight is 307 g/mol. The molecule has 112 valence electrons. The van der Waals surface area contributed by atoms with Gasteiger partial charge >= 0.3 is 7.69 Å². The second-order valence-corrected chi connectivity index (χ2v) is 7.04. The Morgan fingerprint density at radius 1 is 1.33 bits per heavy atom. The van der Waals surface area contributed by atoms with Crippen molar-refractivity contribution in [3.05, 3.63) is 35.5 Å². The largest absolute Gasteiger partial charge is 0.537 e. The molecule has 1 aromatic rings. The molecule has 2 heterocycles. The maximum absolute atomic E-state index is 12.9. The van der Waals surface area contributed by atoms with E-state index >= 15 is 0 Å². The van der Waals surface area contributed by atoms with Crippen LogP contribution in [-0.2, 0) is 19.3 Å². The second-order valence-electron chi connectivity index (χ2n) is 5.21. The highest BCUT2D eigenvalue weighted by Crippen LogP contribution is 2.40. The summed E-state index contributed by atoms with van der Waals surface area (Å²) in [4.78, 5) is 0.314. The van der Waals surface area contributed by atoms with E-state index in [4.69, 9.17) is 9.31 Å². The lowest BCUT2D eigenvalue weighted by Crippen LogP contribution is -2.43. The maximum atomic E-state index is 12.9. The van der Waals surface area contributed by atoms with Crippen LogP contribution in [0.1, 0.15) is 32.3 Å². The van der Waals surface area contributed by atoms with Gasteiger partial charge in [0.2, 0.25) is 0 Å². The van der Waals surface area contributed by atoms with Gasteiger partial charge < -0.3 is 9.31 Å². The van der Waals surface area contributed by atoms with Crippen molar-refractivity contribution in [3.8, 4) is 0 Å². The van der Waals surface area contributed by atoms with Crippen LogP contribution >= 0.6 is 0 Å². The smallest absolute Gasteiger partial charge is 0.507 e. The van der Waals surface area contributed by atoms with E-state index in [1.807, 2.05) is 19.9 Å². The first-order chi connectivity index (χ1) is 10.1. The molecule has 0 spiro atoms. The van der Waals surface area contributed by atoms with Crippen LogP contribution < -0.4 is 0 Å². The van der Waals surface area contributed by atoms with E-state index in [-0.39, 0.29) is 13.8 Å². The molecule has 0 N–H and O–H groups in total. The first-order valence-corrected chi connectivity index (χ1v) is 8.62. The number of hydrogen-bond acceptors (Lipinski definition) is 4. The molecule has 1 atom stereocenters. The highest BCUT2D eigenvalue weighted by atomic mass is 32.2. The zero-order valence-electron chi connectivity index (χ0n) is 12.2. The van der Waals surface area contributed by atoms with Gasteiger partial charge in [-0.2, -0.15) is 0 Å². The van der Waals surface area contributed by atoms with Gasteiger partial charge in [0, 0.05) is 12.1 Å². The number of fused-ring (bicyclic) bond motifs is 2. The molecule has 2 aliphatic heterocycles. The lowest BCUT2D eigenvalue weighted by atomic mass is 10.1. The summed E-state index contributed by atoms with van der Waals surface area (Å²) in [6.07, 6.45) is 1.42. The van der Waals surface area contributed by atoms with E-state index in [1.54, 1.807) is 18.2 Å². The van der Waals surface area contributed by atoms with Gasteiger partial charge in [-0.3, -0.25) is 4.31 Å². The van der Waals surface area contributed by atoms with Crippen molar-refractivity contribution in [1.29, 1.82) is 0 Å². The molecule has 0 fully saturated rings. The molecule has 3 rings (SSSR count). The molecular formula is C14H18BNO4S. The number of benzene rings is 1. The van der Waals surface area contributed by atoms with Crippen molar-refractivity contribution in [1.82, 2.24) is 4.31 Å². The summed E-state index contributed by atoms with van der Waals surface area (Å²) < 4.78 is 38.4. The van der Waals surface area contributed by atoms with Crippen LogP contribution in [0.15, 0.2) is 34.9 Å². The van der Waals surface area contributed by atoms with Crippen molar-refractivity contribution >= 4 is 23.5 Å². The minimum Gasteiger partial charge on any atom is -0.537 e. The summed E-state index contributed by atoms with van der Waals surface area (Å²) in [6, 6.07) is 6.99. The van der Waals surface area contributed by atoms with E-state index in [9.17, 15) is 8.42 Å². The molecule has 1 unspecified atom stereocenters. The van der Waals surface area contributed by atoms with Gasteiger partial charge in [0.25, 0.3) is 10.0 Å². The van der Waals surface area contributed by atoms with E-state index in [1.165, 1.54) is 4.31 Å². The summed E-state index contributed by atoms with van der Waals surface area (Å²) in [5.41, 5.74) is 1.25. The van der Waals surface area contributed by atoms with Gasteiger partial charge in [0.05, 0.1) is 16.7 Å². The standard InChI is InChI=1S/C14H18BNO4S/c1-3-4-9-16-13-10(2)19-15-20-14(13)11-7-5-6-8-12(11)21(16,17)18/h5-8,10,15H,3-4,9H2,1-2H3. The third kappa shape index (κ3) is 2.24. The Labute approximate surface area is 125 Å². The number of rotatable bonds is 3. The summed E-state index contributed by atoms with van der Waals surface area (Å²) in [7, 11) is -3.39. The molecule has 0 amide bonds. The molecule has 7 heteroatoms. The highest BCUT2D eigenvalue weighted by molar-refractivity contribution is 7.89. The predicted octanol–water partition coefficient (Wildman–Crippen LogP) is 1.86. The van der Waals surface area contributed by atoms with E-state index in [0.29, 0.717) is 28.5 Å². The van der Waals surface area contributed by atoms with Crippen molar-refractivity contribution in [2.24, 2.45) is 0 Å². The molecule has 0 bridgehead atoms. The normalized spacial score (nSPS) is 23.0. The number of unbranched alkanes of at least 4 members (excludes halogenated alkanes) is 1. The summed E-state index contributed by atoms with van der Waals surface area (Å²) in [5, 5.41) is 0. The Kier molecular flexibility index (Phi) is 3.71. The van der Waals surface area contributed by atoms with Gasteiger partial charge in [-0.15, -0.1) is 0 Å². The van der Waals surface area contributed by atoms with Crippen LogP contribution in [0.4, 0.5) is 0 Å². The number of sulfonamides is 1. The molecular weight excluding hydrogens is 289 g/mol. The van der Waals surface area contributed by atoms with Crippen molar-refractivity contribution in [2.45, 2.75) is 37.7 Å². The van der Waals surface area contributed by atoms with Gasteiger partial charge in [-0.1, -0.05) is 25.5 Å². The number of nitrogens with zero attached hydrogens (tertiary/aromatic N) is 1. The van der Waals surface area contributed by atoms with Gasteiger partial charge in [0.1, 0.15) is 5.76 Å². The lowest BCUT2D eigenvalue weighted by molar-refractivity contribution is 0.179. The van der Waals surface area contributed by atoms with Crippen LogP contribution in [0.5, 0.6) is 0 Å². The first kappa shape index (κ1) is 14.5. The molecule has 5 nitrogen and oxygen atoms in total. The summed E-state index contributed by atoms with van der Waals surface area (Å²) >= 11 is 0. The Hall–Kier alpha value is -1.47. The topological polar surface area (TPSA) is 55.8 Å². The zero-order chi connectivity index (χ0) is 15.0. The van der Waals surface area contributed by atoms with Gasteiger partial charge in [0.15, 0.2) is 0 Å². The Morgan fingerprint density at radius 3 is 2.86 bits per heavy atom. The van der Waals surface area contributed by atoms with Crippen LogP contribution in [0.2, 0.25) is 0 Å². The van der Waals surface area contributed by atoms with Crippen molar-refractivity contribution in [2.75, 3.05) is 6.54 Å². The monoisotopic (exact) mass is 307 g/mol. The molecule has 0 saturated carbocycles. The van der Waals surface area contributed by atoms with Crippen LogP contribution in [0.3, 0.4) is 0 Å². The molecule has 0 radical (unpaired) electrons. The Bertz CT molecular complexity index is 686. The highest BCUT2D eigenvalue weighted by Gasteiger charge is 2.41. The summed E-state index contributed by atoms with van der Waals surface area (Å²) in [6.45, 7) is 4.35. The minimum absolute atomic E-state index is 0.149. The van der Waals surface area contributed by atoms with Crippen molar-refractivity contribution in [3.63, 3.8) is 0 Å². The summed E-state index contributed by atoms with van der Waals surface area (Å²) in [5.74, 6) is 0.635. The zero-order valence-corrected chi connectivity index (χ0v) is 13.0. The first-order valence-electron chi connectivity index (χ1n) is 7.18. The quantitative estimate of drug-likeness (QED) is 0.800. The van der Waals surface area contributed by atoms with Crippen LogP contribution in [0, 0.1) is 0 Å². The second kappa shape index (κ2) is 5.38. The average Bonchev–Trinajstić information content (AvgIpc) is 2.48. The fraction of sp³-hybridized carbons (Fsp3) is 0.429. The van der Waals surface area contributed by atoms with E-state index in [2.05, 4.69) is 0 Å². The third-order valence-corrected chi connectivity index (χ3v) is 5.69. The third-order valence-electron chi connectivity index (χ3n) is 3.82. The fourth-order valence-corrected chi connectivity index (χ4v) is 4.52. The molecule has 1 aromatic carbocycles. The lowest BCUT2D eigenvalue weighted by Gasteiger charge is -2.38. The molecule has 0 saturated heterocycles. The number of hydrogen-bond donors (Lipinski definition) is 0. The van der Waals surface area contributed by atoms with Gasteiger partial charge in [-0.05, 0) is 25.5 Å². The van der Waals surface area contributed by atoms with Crippen molar-refractivity contribution < 1.29 is 17.7 Å². The Morgan fingerprint density at radius 2 is 2.10 bits per heavy atom. The maximum Gasteiger partial charge on any atom is 0.507 e. The predicted molar refractivity (Wildman–Crippen MR) is 80.9 cm³/mol. The van der Waals surface area contributed by atoms with Gasteiger partial charge in [-0.25, -0.2) is 8.42 Å². The fourth-order valence-electron chi connectivity index (χ4n) is 2.73. The Balaban J connectivity index is 2.21. The molecule has 0 aromatic heterocycles. The molecule has 21 heavy (non-hydrogen) atoms. The van der Waals surface area contributed by atoms with E-state index < -0.39 is 10.0 Å². The van der Waals surface area contributed by atoms with Crippen LogP contribution in [0.25, 0.3) is 5.76 Å². The van der Waals surface area contributed by atoms with Crippen LogP contribution in [-0.4, -0.2) is 33.1 Å². The van der Waals surface area contributed by atoms with E-state index in [0.717, 1.165) is 12.8 Å². The SMILES string of the molecule is CCCCN1C2=C(OBOC2C)c2ccccc2S1(=O)=O. The minimum atomic E-state index is -3.54. The molecule has 0 aliphatic carbocycles.